The smallest absolute Gasteiger partial charge is 0.0102 e. The summed E-state index contributed by atoms with van der Waals surface area (Å²) in [6.45, 7) is 10.6. The molecule has 0 aromatic heterocycles. The molecule has 5 fully saturated rings. The summed E-state index contributed by atoms with van der Waals surface area (Å²) >= 11 is 0. The van der Waals surface area contributed by atoms with E-state index in [-0.39, 0.29) is 0 Å². The van der Waals surface area contributed by atoms with Crippen LogP contribution in [0.5, 0.6) is 0 Å². The van der Waals surface area contributed by atoms with E-state index >= 15 is 0 Å². The largest absolute Gasteiger partial charge is 0.316 e. The van der Waals surface area contributed by atoms with Gasteiger partial charge >= 0.3 is 0 Å². The standard InChI is InChI=1S/C18H31N3/c1-12-8-20(9-12)18-4-15-10-21(11-16(15)5-18)17-2-13-6-19-7-14(13)3-17/h12-19H,2-11H2,1H3. The Hall–Kier alpha value is -0.120. The van der Waals surface area contributed by atoms with Crippen LogP contribution in [-0.2, 0) is 0 Å². The molecule has 2 saturated carbocycles. The van der Waals surface area contributed by atoms with E-state index in [2.05, 4.69) is 22.0 Å². The summed E-state index contributed by atoms with van der Waals surface area (Å²) in [5.41, 5.74) is 0. The maximum Gasteiger partial charge on any atom is 0.0102 e. The summed E-state index contributed by atoms with van der Waals surface area (Å²) in [7, 11) is 0. The minimum Gasteiger partial charge on any atom is -0.316 e. The van der Waals surface area contributed by atoms with Crippen LogP contribution in [0.15, 0.2) is 0 Å². The zero-order chi connectivity index (χ0) is 14.0. The summed E-state index contributed by atoms with van der Waals surface area (Å²) in [6, 6.07) is 1.89. The maximum absolute atomic E-state index is 3.59. The van der Waals surface area contributed by atoms with Gasteiger partial charge in [-0.05, 0) is 68.4 Å². The van der Waals surface area contributed by atoms with Gasteiger partial charge in [0.1, 0.15) is 0 Å². The second-order valence-electron chi connectivity index (χ2n) is 8.96. The molecule has 0 amide bonds. The van der Waals surface area contributed by atoms with Crippen molar-refractivity contribution in [2.75, 3.05) is 39.3 Å². The van der Waals surface area contributed by atoms with Crippen molar-refractivity contribution >= 4 is 0 Å². The van der Waals surface area contributed by atoms with Gasteiger partial charge in [0, 0.05) is 38.3 Å². The molecule has 5 rings (SSSR count). The fourth-order valence-corrected chi connectivity index (χ4v) is 6.38. The maximum atomic E-state index is 3.59. The van der Waals surface area contributed by atoms with Gasteiger partial charge in [0.2, 0.25) is 0 Å². The first-order valence-electron chi connectivity index (χ1n) is 9.45. The third kappa shape index (κ3) is 2.19. The van der Waals surface area contributed by atoms with Crippen LogP contribution in [-0.4, -0.2) is 61.2 Å². The van der Waals surface area contributed by atoms with Crippen molar-refractivity contribution in [3.8, 4) is 0 Å². The molecule has 118 valence electrons. The zero-order valence-electron chi connectivity index (χ0n) is 13.5. The van der Waals surface area contributed by atoms with Crippen molar-refractivity contribution in [3.63, 3.8) is 0 Å². The quantitative estimate of drug-likeness (QED) is 0.834. The lowest BCUT2D eigenvalue weighted by Crippen LogP contribution is -2.50. The van der Waals surface area contributed by atoms with Gasteiger partial charge in [-0.2, -0.15) is 0 Å². The molecule has 0 aromatic rings. The van der Waals surface area contributed by atoms with Gasteiger partial charge in [-0.1, -0.05) is 6.92 Å². The molecule has 0 spiro atoms. The zero-order valence-corrected chi connectivity index (χ0v) is 13.5. The molecule has 3 nitrogen and oxygen atoms in total. The second kappa shape index (κ2) is 4.94. The molecular weight excluding hydrogens is 258 g/mol. The molecule has 4 unspecified atom stereocenters. The van der Waals surface area contributed by atoms with Crippen LogP contribution in [0.1, 0.15) is 32.6 Å². The Kier molecular flexibility index (Phi) is 3.14. The monoisotopic (exact) mass is 289 g/mol. The lowest BCUT2D eigenvalue weighted by molar-refractivity contribution is 0.0579. The molecule has 3 aliphatic heterocycles. The van der Waals surface area contributed by atoms with Crippen molar-refractivity contribution in [3.05, 3.63) is 0 Å². The number of fused-ring (bicyclic) bond motifs is 2. The van der Waals surface area contributed by atoms with E-state index < -0.39 is 0 Å². The normalized spacial score (nSPS) is 51.3. The van der Waals surface area contributed by atoms with E-state index in [0.717, 1.165) is 41.7 Å². The summed E-state index contributed by atoms with van der Waals surface area (Å²) in [4.78, 5) is 5.68. The average molecular weight is 289 g/mol. The van der Waals surface area contributed by atoms with Gasteiger partial charge in [-0.15, -0.1) is 0 Å². The van der Waals surface area contributed by atoms with Gasteiger partial charge in [-0.3, -0.25) is 9.80 Å². The summed E-state index contributed by atoms with van der Waals surface area (Å²) in [6.07, 6.45) is 6.00. The van der Waals surface area contributed by atoms with Crippen molar-refractivity contribution < 1.29 is 0 Å². The van der Waals surface area contributed by atoms with E-state index in [4.69, 9.17) is 0 Å². The number of likely N-dealkylation sites (tertiary alicyclic amines) is 2. The average Bonchev–Trinajstić information content (AvgIpc) is 3.11. The van der Waals surface area contributed by atoms with Crippen LogP contribution in [0, 0.1) is 29.6 Å². The molecule has 3 heterocycles. The van der Waals surface area contributed by atoms with E-state index in [1.165, 1.54) is 65.0 Å². The SMILES string of the molecule is CC1CN(C2CC3CN(C4CC5CNCC5C4)CC3C2)C1. The second-order valence-corrected chi connectivity index (χ2v) is 8.96. The molecule has 2 aliphatic carbocycles. The molecule has 0 radical (unpaired) electrons. The fraction of sp³-hybridized carbons (Fsp3) is 1.00. The molecule has 3 saturated heterocycles. The van der Waals surface area contributed by atoms with Crippen LogP contribution in [0.4, 0.5) is 0 Å². The Bertz CT molecular complexity index is 379. The number of nitrogens with zero attached hydrogens (tertiary/aromatic N) is 2. The third-order valence-corrected chi connectivity index (χ3v) is 7.51. The van der Waals surface area contributed by atoms with Crippen molar-refractivity contribution in [1.82, 2.24) is 15.1 Å². The molecule has 0 aromatic carbocycles. The van der Waals surface area contributed by atoms with Crippen LogP contribution in [0.2, 0.25) is 0 Å². The first kappa shape index (κ1) is 13.3. The van der Waals surface area contributed by atoms with Crippen molar-refractivity contribution in [2.45, 2.75) is 44.7 Å². The first-order valence-corrected chi connectivity index (χ1v) is 9.45. The summed E-state index contributed by atoms with van der Waals surface area (Å²) < 4.78 is 0. The molecular formula is C18H31N3. The highest BCUT2D eigenvalue weighted by atomic mass is 15.2. The topological polar surface area (TPSA) is 18.5 Å². The number of hydrogen-bond donors (Lipinski definition) is 1. The number of hydrogen-bond acceptors (Lipinski definition) is 3. The Morgan fingerprint density at radius 2 is 1.14 bits per heavy atom. The molecule has 0 bridgehead atoms. The van der Waals surface area contributed by atoms with Gasteiger partial charge in [-0.25, -0.2) is 0 Å². The molecule has 3 heteroatoms. The summed E-state index contributed by atoms with van der Waals surface area (Å²) in [5, 5.41) is 3.59. The van der Waals surface area contributed by atoms with Crippen LogP contribution >= 0.6 is 0 Å². The van der Waals surface area contributed by atoms with Gasteiger partial charge < -0.3 is 5.32 Å². The van der Waals surface area contributed by atoms with Gasteiger partial charge in [0.15, 0.2) is 0 Å². The van der Waals surface area contributed by atoms with Gasteiger partial charge in [0.25, 0.3) is 0 Å². The predicted molar refractivity (Wildman–Crippen MR) is 85.2 cm³/mol. The number of rotatable bonds is 2. The predicted octanol–water partition coefficient (Wildman–Crippen LogP) is 1.65. The minimum absolute atomic E-state index is 0.940. The Morgan fingerprint density at radius 3 is 1.67 bits per heavy atom. The number of nitrogens with one attached hydrogen (secondary N) is 1. The fourth-order valence-electron chi connectivity index (χ4n) is 6.38. The molecule has 5 aliphatic rings. The van der Waals surface area contributed by atoms with E-state index in [9.17, 15) is 0 Å². The Morgan fingerprint density at radius 1 is 0.667 bits per heavy atom. The minimum atomic E-state index is 0.940. The molecule has 21 heavy (non-hydrogen) atoms. The van der Waals surface area contributed by atoms with Crippen LogP contribution in [0.25, 0.3) is 0 Å². The molecule has 4 atom stereocenters. The Balaban J connectivity index is 1.17. The summed E-state index contributed by atoms with van der Waals surface area (Å²) in [5.74, 6) is 5.04. The van der Waals surface area contributed by atoms with Gasteiger partial charge in [0.05, 0.1) is 0 Å². The van der Waals surface area contributed by atoms with Crippen LogP contribution in [0.3, 0.4) is 0 Å². The third-order valence-electron chi connectivity index (χ3n) is 7.51. The highest BCUT2D eigenvalue weighted by Gasteiger charge is 2.48. The van der Waals surface area contributed by atoms with E-state index in [0.29, 0.717) is 0 Å². The van der Waals surface area contributed by atoms with Crippen molar-refractivity contribution in [1.29, 1.82) is 0 Å². The van der Waals surface area contributed by atoms with E-state index in [1.54, 1.807) is 0 Å². The highest BCUT2D eigenvalue weighted by molar-refractivity contribution is 5.02. The van der Waals surface area contributed by atoms with Crippen LogP contribution < -0.4 is 5.32 Å². The van der Waals surface area contributed by atoms with Crippen molar-refractivity contribution in [2.24, 2.45) is 29.6 Å². The molecule has 1 N–H and O–H groups in total. The van der Waals surface area contributed by atoms with E-state index in [1.807, 2.05) is 0 Å². The lowest BCUT2D eigenvalue weighted by Gasteiger charge is -2.42. The highest BCUT2D eigenvalue weighted by Crippen LogP contribution is 2.45. The first-order chi connectivity index (χ1) is 10.3. The Labute approximate surface area is 129 Å². The lowest BCUT2D eigenvalue weighted by atomic mass is 9.98.